The SMILES string of the molecule is Cc1cc2nc3n(c2cc1C)C(NC(=O)c1ccc(-c2ccccc2)cc1)(C(F)(F)F)C(=O)C3. The van der Waals surface area contributed by atoms with Gasteiger partial charge in [-0.15, -0.1) is 0 Å². The molecule has 1 amide bonds. The summed E-state index contributed by atoms with van der Waals surface area (Å²) in [5, 5.41) is 2.04. The summed E-state index contributed by atoms with van der Waals surface area (Å²) >= 11 is 0. The van der Waals surface area contributed by atoms with Crippen molar-refractivity contribution in [1.82, 2.24) is 14.9 Å². The highest BCUT2D eigenvalue weighted by atomic mass is 19.4. The number of hydrogen-bond acceptors (Lipinski definition) is 3. The molecular weight excluding hydrogens is 443 g/mol. The highest BCUT2D eigenvalue weighted by Gasteiger charge is 2.66. The van der Waals surface area contributed by atoms with Crippen molar-refractivity contribution in [3.63, 3.8) is 0 Å². The van der Waals surface area contributed by atoms with Gasteiger partial charge in [-0.2, -0.15) is 13.2 Å². The number of benzene rings is 3. The van der Waals surface area contributed by atoms with Gasteiger partial charge in [0.1, 0.15) is 5.82 Å². The van der Waals surface area contributed by atoms with E-state index in [2.05, 4.69) is 4.98 Å². The number of hydrogen-bond donors (Lipinski definition) is 1. The maximum atomic E-state index is 14.6. The Morgan fingerprint density at radius 1 is 0.971 bits per heavy atom. The summed E-state index contributed by atoms with van der Waals surface area (Å²) in [5.41, 5.74) is 0.640. The normalized spacial score (nSPS) is 17.7. The Morgan fingerprint density at radius 2 is 1.59 bits per heavy atom. The molecule has 0 aliphatic carbocycles. The van der Waals surface area contributed by atoms with E-state index in [0.29, 0.717) is 5.52 Å². The van der Waals surface area contributed by atoms with E-state index in [1.54, 1.807) is 31.2 Å². The third-order valence-corrected chi connectivity index (χ3v) is 6.36. The van der Waals surface area contributed by atoms with Crippen LogP contribution in [0.1, 0.15) is 27.3 Å². The monoisotopic (exact) mass is 463 g/mol. The van der Waals surface area contributed by atoms with Crippen LogP contribution in [-0.4, -0.2) is 27.4 Å². The number of Topliss-reactive ketones (excluding diaryl/α,β-unsaturated/α-hetero) is 1. The number of nitrogens with one attached hydrogen (secondary N) is 1. The van der Waals surface area contributed by atoms with Gasteiger partial charge in [0.15, 0.2) is 5.78 Å². The quantitative estimate of drug-likeness (QED) is 0.460. The number of carbonyl (C=O) groups is 2. The molecule has 172 valence electrons. The standard InChI is InChI=1S/C26H20F3N3O2/c1-15-12-20-21(13-16(15)2)32-23(30-20)14-22(33)25(32,26(27,28)29)31-24(34)19-10-8-18(9-11-19)17-6-4-3-5-7-17/h3-13H,14H2,1-2H3,(H,31,34). The number of imidazole rings is 1. The van der Waals surface area contributed by atoms with Crippen molar-refractivity contribution in [3.05, 3.63) is 89.2 Å². The molecule has 0 saturated heterocycles. The lowest BCUT2D eigenvalue weighted by Crippen LogP contribution is -2.62. The number of aryl methyl sites for hydroxylation is 2. The minimum atomic E-state index is -5.08. The second-order valence-electron chi connectivity index (χ2n) is 8.49. The van der Waals surface area contributed by atoms with Crippen molar-refractivity contribution in [1.29, 1.82) is 0 Å². The summed E-state index contributed by atoms with van der Waals surface area (Å²) < 4.78 is 44.7. The summed E-state index contributed by atoms with van der Waals surface area (Å²) in [6.07, 6.45) is -5.61. The summed E-state index contributed by atoms with van der Waals surface area (Å²) in [6, 6.07) is 18.8. The Bertz CT molecular complexity index is 1440. The fourth-order valence-corrected chi connectivity index (χ4v) is 4.43. The lowest BCUT2D eigenvalue weighted by molar-refractivity contribution is -0.214. The van der Waals surface area contributed by atoms with E-state index in [-0.39, 0.29) is 16.9 Å². The minimum absolute atomic E-state index is 0.0148. The van der Waals surface area contributed by atoms with E-state index in [1.807, 2.05) is 42.6 Å². The summed E-state index contributed by atoms with van der Waals surface area (Å²) in [6.45, 7) is 3.61. The molecule has 1 atom stereocenters. The number of nitrogens with zero attached hydrogens (tertiary/aromatic N) is 2. The highest BCUT2D eigenvalue weighted by molar-refractivity contribution is 6.02. The number of rotatable bonds is 3. The molecule has 2 heterocycles. The molecule has 5 nitrogen and oxygen atoms in total. The zero-order chi connectivity index (χ0) is 24.3. The fraction of sp³-hybridized carbons (Fsp3) is 0.192. The number of fused-ring (bicyclic) bond motifs is 3. The van der Waals surface area contributed by atoms with Gasteiger partial charge in [-0.05, 0) is 60.4 Å². The molecule has 1 aromatic heterocycles. The van der Waals surface area contributed by atoms with Crippen LogP contribution in [0.15, 0.2) is 66.7 Å². The maximum Gasteiger partial charge on any atom is 0.438 e. The Labute approximate surface area is 193 Å². The van der Waals surface area contributed by atoms with E-state index in [0.717, 1.165) is 26.8 Å². The van der Waals surface area contributed by atoms with E-state index in [4.69, 9.17) is 0 Å². The molecule has 1 N–H and O–H groups in total. The number of ketones is 1. The van der Waals surface area contributed by atoms with Gasteiger partial charge < -0.3 is 5.32 Å². The molecule has 5 rings (SSSR count). The highest BCUT2D eigenvalue weighted by Crippen LogP contribution is 2.44. The summed E-state index contributed by atoms with van der Waals surface area (Å²) in [5.74, 6) is -2.19. The maximum absolute atomic E-state index is 14.6. The Hall–Kier alpha value is -3.94. The van der Waals surface area contributed by atoms with E-state index in [9.17, 15) is 22.8 Å². The van der Waals surface area contributed by atoms with Gasteiger partial charge in [0, 0.05) is 5.56 Å². The van der Waals surface area contributed by atoms with Crippen LogP contribution in [0, 0.1) is 13.8 Å². The predicted octanol–water partition coefficient (Wildman–Crippen LogP) is 5.09. The number of halogens is 3. The molecule has 0 bridgehead atoms. The Kier molecular flexibility index (Phi) is 4.86. The van der Waals surface area contributed by atoms with Gasteiger partial charge >= 0.3 is 6.18 Å². The summed E-state index contributed by atoms with van der Waals surface area (Å²) in [7, 11) is 0. The molecule has 1 aliphatic rings. The molecule has 8 heteroatoms. The molecule has 4 aromatic rings. The van der Waals surface area contributed by atoms with E-state index >= 15 is 0 Å². The number of alkyl halides is 3. The van der Waals surface area contributed by atoms with Crippen LogP contribution >= 0.6 is 0 Å². The fourth-order valence-electron chi connectivity index (χ4n) is 4.43. The Balaban J connectivity index is 1.58. The lowest BCUT2D eigenvalue weighted by atomic mass is 10.0. The predicted molar refractivity (Wildman–Crippen MR) is 121 cm³/mol. The molecule has 0 saturated carbocycles. The smallest absolute Gasteiger partial charge is 0.315 e. The van der Waals surface area contributed by atoms with E-state index < -0.39 is 30.0 Å². The van der Waals surface area contributed by atoms with Crippen LogP contribution in [0.25, 0.3) is 22.2 Å². The van der Waals surface area contributed by atoms with Crippen LogP contribution in [0.3, 0.4) is 0 Å². The van der Waals surface area contributed by atoms with Gasteiger partial charge in [-0.1, -0.05) is 42.5 Å². The topological polar surface area (TPSA) is 64.0 Å². The van der Waals surface area contributed by atoms with Gasteiger partial charge in [0.05, 0.1) is 17.5 Å². The van der Waals surface area contributed by atoms with Gasteiger partial charge in [0.25, 0.3) is 11.6 Å². The second-order valence-corrected chi connectivity index (χ2v) is 8.49. The second kappa shape index (κ2) is 7.55. The first-order chi connectivity index (χ1) is 16.1. The minimum Gasteiger partial charge on any atom is -0.315 e. The van der Waals surface area contributed by atoms with Crippen molar-refractivity contribution in [2.45, 2.75) is 32.1 Å². The molecule has 0 spiro atoms. The average molecular weight is 463 g/mol. The van der Waals surface area contributed by atoms with E-state index in [1.165, 1.54) is 12.1 Å². The molecular formula is C26H20F3N3O2. The van der Waals surface area contributed by atoms with Crippen LogP contribution < -0.4 is 5.32 Å². The summed E-state index contributed by atoms with van der Waals surface area (Å²) in [4.78, 5) is 30.2. The van der Waals surface area contributed by atoms with Crippen LogP contribution in [0.2, 0.25) is 0 Å². The Morgan fingerprint density at radius 3 is 2.24 bits per heavy atom. The van der Waals surface area contributed by atoms with Gasteiger partial charge in [-0.3, -0.25) is 14.2 Å². The third kappa shape index (κ3) is 3.21. The molecule has 0 radical (unpaired) electrons. The van der Waals surface area contributed by atoms with Crippen molar-refractivity contribution >= 4 is 22.7 Å². The molecule has 34 heavy (non-hydrogen) atoms. The number of aromatic nitrogens is 2. The molecule has 3 aromatic carbocycles. The first-order valence-corrected chi connectivity index (χ1v) is 10.7. The number of carbonyl (C=O) groups excluding carboxylic acids is 2. The van der Waals surface area contributed by atoms with Gasteiger partial charge in [-0.25, -0.2) is 4.98 Å². The molecule has 0 fully saturated rings. The number of amides is 1. The van der Waals surface area contributed by atoms with Crippen LogP contribution in [0.4, 0.5) is 13.2 Å². The van der Waals surface area contributed by atoms with Gasteiger partial charge in [0.2, 0.25) is 0 Å². The van der Waals surface area contributed by atoms with Crippen molar-refractivity contribution in [2.24, 2.45) is 0 Å². The van der Waals surface area contributed by atoms with Crippen molar-refractivity contribution in [3.8, 4) is 11.1 Å². The largest absolute Gasteiger partial charge is 0.438 e. The first-order valence-electron chi connectivity index (χ1n) is 10.7. The zero-order valence-electron chi connectivity index (χ0n) is 18.4. The first kappa shape index (κ1) is 21.9. The lowest BCUT2D eigenvalue weighted by Gasteiger charge is -2.33. The molecule has 1 unspecified atom stereocenters. The zero-order valence-corrected chi connectivity index (χ0v) is 18.4. The van der Waals surface area contributed by atoms with Crippen molar-refractivity contribution in [2.75, 3.05) is 0 Å². The third-order valence-electron chi connectivity index (χ3n) is 6.36. The van der Waals surface area contributed by atoms with Crippen LogP contribution in [-0.2, 0) is 16.9 Å². The van der Waals surface area contributed by atoms with Crippen LogP contribution in [0.5, 0.6) is 0 Å². The average Bonchev–Trinajstić information content (AvgIpc) is 3.27. The molecule has 1 aliphatic heterocycles. The van der Waals surface area contributed by atoms with Crippen molar-refractivity contribution < 1.29 is 22.8 Å².